The highest BCUT2D eigenvalue weighted by molar-refractivity contribution is 6.09. The minimum atomic E-state index is -0.279. The van der Waals surface area contributed by atoms with E-state index < -0.39 is 0 Å². The second-order valence-corrected chi connectivity index (χ2v) is 6.93. The number of carbonyl (C=O) groups excluding carboxylic acids is 2. The number of piperidine rings is 1. The van der Waals surface area contributed by atoms with Crippen LogP contribution in [0.5, 0.6) is 5.75 Å². The van der Waals surface area contributed by atoms with Gasteiger partial charge in [-0.15, -0.1) is 0 Å². The van der Waals surface area contributed by atoms with Crippen molar-refractivity contribution in [3.05, 3.63) is 59.7 Å². The van der Waals surface area contributed by atoms with Gasteiger partial charge < -0.3 is 19.7 Å². The van der Waals surface area contributed by atoms with E-state index in [1.807, 2.05) is 24.0 Å². The Hall–Kier alpha value is -2.86. The SMILES string of the molecule is CCOCCOc1cccc(C(=O)Nc2ccccc2C(=O)N2CCCCC2)c1. The molecule has 0 atom stereocenters. The van der Waals surface area contributed by atoms with Crippen molar-refractivity contribution in [1.29, 1.82) is 0 Å². The Bertz CT molecular complexity index is 831. The van der Waals surface area contributed by atoms with E-state index in [-0.39, 0.29) is 11.8 Å². The standard InChI is InChI=1S/C23H28N2O4/c1-2-28-15-16-29-19-10-8-9-18(17-19)22(26)24-21-12-5-4-11-20(21)23(27)25-13-6-3-7-14-25/h4-5,8-12,17H,2-3,6-7,13-16H2,1H3,(H,24,26). The molecule has 1 fully saturated rings. The van der Waals surface area contributed by atoms with Gasteiger partial charge >= 0.3 is 0 Å². The van der Waals surface area contributed by atoms with Gasteiger partial charge in [-0.25, -0.2) is 0 Å². The Morgan fingerprint density at radius 3 is 2.59 bits per heavy atom. The van der Waals surface area contributed by atoms with E-state index in [1.54, 1.807) is 36.4 Å². The number of nitrogens with zero attached hydrogens (tertiary/aromatic N) is 1. The lowest BCUT2D eigenvalue weighted by molar-refractivity contribution is 0.0725. The van der Waals surface area contributed by atoms with Crippen molar-refractivity contribution < 1.29 is 19.1 Å². The highest BCUT2D eigenvalue weighted by Crippen LogP contribution is 2.21. The first kappa shape index (κ1) is 20.9. The maximum atomic E-state index is 12.9. The Morgan fingerprint density at radius 1 is 1.00 bits per heavy atom. The lowest BCUT2D eigenvalue weighted by atomic mass is 10.1. The molecule has 6 nitrogen and oxygen atoms in total. The molecule has 2 aromatic carbocycles. The van der Waals surface area contributed by atoms with E-state index in [1.165, 1.54) is 0 Å². The summed E-state index contributed by atoms with van der Waals surface area (Å²) in [6.07, 6.45) is 3.21. The predicted octanol–water partition coefficient (Wildman–Crippen LogP) is 3.98. The van der Waals surface area contributed by atoms with Crippen LogP contribution in [-0.2, 0) is 4.74 Å². The Balaban J connectivity index is 1.68. The molecule has 1 aliphatic heterocycles. The van der Waals surface area contributed by atoms with Crippen LogP contribution in [0.15, 0.2) is 48.5 Å². The van der Waals surface area contributed by atoms with Crippen LogP contribution in [0.25, 0.3) is 0 Å². The summed E-state index contributed by atoms with van der Waals surface area (Å²) >= 11 is 0. The summed E-state index contributed by atoms with van der Waals surface area (Å²) in [7, 11) is 0. The van der Waals surface area contributed by atoms with Crippen molar-refractivity contribution in [2.75, 3.05) is 38.2 Å². The van der Waals surface area contributed by atoms with Crippen LogP contribution in [0.3, 0.4) is 0 Å². The van der Waals surface area contributed by atoms with Gasteiger partial charge in [-0.3, -0.25) is 9.59 Å². The molecule has 0 aliphatic carbocycles. The largest absolute Gasteiger partial charge is 0.491 e. The van der Waals surface area contributed by atoms with Crippen molar-refractivity contribution in [2.45, 2.75) is 26.2 Å². The quantitative estimate of drug-likeness (QED) is 0.686. The smallest absolute Gasteiger partial charge is 0.255 e. The average molecular weight is 396 g/mol. The van der Waals surface area contributed by atoms with Gasteiger partial charge in [-0.2, -0.15) is 0 Å². The number of hydrogen-bond acceptors (Lipinski definition) is 4. The van der Waals surface area contributed by atoms with E-state index in [0.29, 0.717) is 42.4 Å². The number of rotatable bonds is 8. The average Bonchev–Trinajstić information content (AvgIpc) is 2.77. The molecular weight excluding hydrogens is 368 g/mol. The highest BCUT2D eigenvalue weighted by Gasteiger charge is 2.21. The zero-order valence-electron chi connectivity index (χ0n) is 16.9. The van der Waals surface area contributed by atoms with E-state index >= 15 is 0 Å². The number of benzene rings is 2. The lowest BCUT2D eigenvalue weighted by Crippen LogP contribution is -2.36. The fourth-order valence-electron chi connectivity index (χ4n) is 3.33. The van der Waals surface area contributed by atoms with Gasteiger partial charge in [0.25, 0.3) is 11.8 Å². The Kier molecular flexibility index (Phi) is 7.64. The van der Waals surface area contributed by atoms with Crippen LogP contribution in [0.2, 0.25) is 0 Å². The molecule has 0 unspecified atom stereocenters. The van der Waals surface area contributed by atoms with E-state index in [0.717, 1.165) is 32.4 Å². The highest BCUT2D eigenvalue weighted by atomic mass is 16.5. The van der Waals surface area contributed by atoms with Crippen LogP contribution < -0.4 is 10.1 Å². The molecule has 1 saturated heterocycles. The van der Waals surface area contributed by atoms with Gasteiger partial charge in [0.2, 0.25) is 0 Å². The molecule has 1 N–H and O–H groups in total. The number of carbonyl (C=O) groups is 2. The molecule has 6 heteroatoms. The molecular formula is C23H28N2O4. The number of amides is 2. The van der Waals surface area contributed by atoms with Crippen molar-refractivity contribution in [3.63, 3.8) is 0 Å². The van der Waals surface area contributed by atoms with Gasteiger partial charge in [0, 0.05) is 25.3 Å². The molecule has 154 valence electrons. The fourth-order valence-corrected chi connectivity index (χ4v) is 3.33. The summed E-state index contributed by atoms with van der Waals surface area (Å²) in [5.41, 5.74) is 1.52. The van der Waals surface area contributed by atoms with Gasteiger partial charge in [0.1, 0.15) is 12.4 Å². The second-order valence-electron chi connectivity index (χ2n) is 6.93. The molecule has 1 heterocycles. The third-order valence-corrected chi connectivity index (χ3v) is 4.85. The first-order chi connectivity index (χ1) is 14.2. The van der Waals surface area contributed by atoms with Gasteiger partial charge in [-0.05, 0) is 56.5 Å². The summed E-state index contributed by atoms with van der Waals surface area (Å²) < 4.78 is 10.9. The molecule has 2 aromatic rings. The molecule has 0 radical (unpaired) electrons. The van der Waals surface area contributed by atoms with Crippen LogP contribution in [0.4, 0.5) is 5.69 Å². The van der Waals surface area contributed by atoms with Crippen molar-refractivity contribution >= 4 is 17.5 Å². The van der Waals surface area contributed by atoms with Crippen molar-refractivity contribution in [3.8, 4) is 5.75 Å². The molecule has 0 saturated carbocycles. The monoisotopic (exact) mass is 396 g/mol. The van der Waals surface area contributed by atoms with Gasteiger partial charge in [-0.1, -0.05) is 18.2 Å². The van der Waals surface area contributed by atoms with Crippen LogP contribution >= 0.6 is 0 Å². The number of para-hydroxylation sites is 1. The van der Waals surface area contributed by atoms with E-state index in [2.05, 4.69) is 5.32 Å². The van der Waals surface area contributed by atoms with Crippen LogP contribution in [-0.4, -0.2) is 49.6 Å². The van der Waals surface area contributed by atoms with E-state index in [9.17, 15) is 9.59 Å². The number of likely N-dealkylation sites (tertiary alicyclic amines) is 1. The third-order valence-electron chi connectivity index (χ3n) is 4.85. The molecule has 3 rings (SSSR count). The maximum Gasteiger partial charge on any atom is 0.255 e. The first-order valence-electron chi connectivity index (χ1n) is 10.2. The number of hydrogen-bond donors (Lipinski definition) is 1. The van der Waals surface area contributed by atoms with Crippen LogP contribution in [0.1, 0.15) is 46.9 Å². The molecule has 1 aliphatic rings. The number of anilines is 1. The van der Waals surface area contributed by atoms with Crippen LogP contribution in [0, 0.1) is 0 Å². The topological polar surface area (TPSA) is 67.9 Å². The zero-order chi connectivity index (χ0) is 20.5. The Morgan fingerprint density at radius 2 is 1.79 bits per heavy atom. The summed E-state index contributed by atoms with van der Waals surface area (Å²) in [5.74, 6) is 0.294. The lowest BCUT2D eigenvalue weighted by Gasteiger charge is -2.27. The first-order valence-corrected chi connectivity index (χ1v) is 10.2. The van der Waals surface area contributed by atoms with Crippen molar-refractivity contribution in [2.24, 2.45) is 0 Å². The Labute approximate surface area is 171 Å². The van der Waals surface area contributed by atoms with Gasteiger partial charge in [0.15, 0.2) is 0 Å². The maximum absolute atomic E-state index is 12.9. The molecule has 0 bridgehead atoms. The molecule has 29 heavy (non-hydrogen) atoms. The zero-order valence-corrected chi connectivity index (χ0v) is 16.9. The van der Waals surface area contributed by atoms with E-state index in [4.69, 9.17) is 9.47 Å². The molecule has 2 amide bonds. The third kappa shape index (κ3) is 5.81. The predicted molar refractivity (Wildman–Crippen MR) is 113 cm³/mol. The summed E-state index contributed by atoms with van der Waals surface area (Å²) in [6.45, 7) is 5.02. The summed E-state index contributed by atoms with van der Waals surface area (Å²) in [5, 5.41) is 2.88. The summed E-state index contributed by atoms with van der Waals surface area (Å²) in [4.78, 5) is 27.5. The summed E-state index contributed by atoms with van der Waals surface area (Å²) in [6, 6.07) is 14.1. The fraction of sp³-hybridized carbons (Fsp3) is 0.391. The molecule has 0 aromatic heterocycles. The minimum Gasteiger partial charge on any atom is -0.491 e. The molecule has 0 spiro atoms. The number of ether oxygens (including phenoxy) is 2. The minimum absolute atomic E-state index is 0.0337. The normalized spacial score (nSPS) is 13.8. The second kappa shape index (κ2) is 10.6. The number of nitrogens with one attached hydrogen (secondary N) is 1. The van der Waals surface area contributed by atoms with Gasteiger partial charge in [0.05, 0.1) is 17.9 Å². The van der Waals surface area contributed by atoms with Crippen molar-refractivity contribution in [1.82, 2.24) is 4.90 Å².